The highest BCUT2D eigenvalue weighted by molar-refractivity contribution is 5.88. The highest BCUT2D eigenvalue weighted by Gasteiger charge is 2.42. The average molecular weight is 809 g/mol. The maximum Gasteiger partial charge on any atom is 0.309 e. The highest BCUT2D eigenvalue weighted by Crippen LogP contribution is 2.43. The second-order valence-corrected chi connectivity index (χ2v) is 19.8. The second-order valence-electron chi connectivity index (χ2n) is 19.8. The van der Waals surface area contributed by atoms with Gasteiger partial charge >= 0.3 is 23.9 Å². The predicted octanol–water partition coefficient (Wildman–Crippen LogP) is 9.21. The van der Waals surface area contributed by atoms with E-state index in [9.17, 15) is 28.8 Å². The number of hydrogen-bond donors (Lipinski definition) is 0. The van der Waals surface area contributed by atoms with Crippen LogP contribution in [-0.2, 0) is 47.7 Å². The highest BCUT2D eigenvalue weighted by atomic mass is 16.6. The van der Waals surface area contributed by atoms with Crippen LogP contribution in [0.15, 0.2) is 0 Å². The molecule has 0 amide bonds. The van der Waals surface area contributed by atoms with Gasteiger partial charge in [-0.25, -0.2) is 0 Å². The van der Waals surface area contributed by atoms with Crippen molar-refractivity contribution >= 4 is 35.4 Å². The van der Waals surface area contributed by atoms with E-state index in [0.29, 0.717) is 85.3 Å². The number of carbonyl (C=O) groups excluding carboxylic acids is 6. The lowest BCUT2D eigenvalue weighted by Gasteiger charge is -2.38. The van der Waals surface area contributed by atoms with Gasteiger partial charge in [0, 0.05) is 48.3 Å². The minimum atomic E-state index is 0.0249. The van der Waals surface area contributed by atoms with Crippen LogP contribution in [0.1, 0.15) is 180 Å². The fourth-order valence-corrected chi connectivity index (χ4v) is 12.3. The van der Waals surface area contributed by atoms with Gasteiger partial charge < -0.3 is 18.9 Å². The quantitative estimate of drug-likeness (QED) is 0.172. The Labute approximate surface area is 346 Å². The molecule has 6 unspecified atom stereocenters. The maximum absolute atomic E-state index is 11.0. The summed E-state index contributed by atoms with van der Waals surface area (Å²) in [6.45, 7) is 1.40. The standard InChI is InChI=1S/4C8H12O2.2C8H12O/c2*9-8-7-4-2-1-3-6(7)5-10-8;2*9-8-5-6-3-1-2-4-7(6)10-8;2*9-8-5-6-3-1-2-4-7(6)8/h4*6-7H,1-5H2;2*6-7H,1-5H2/t6*6?,7-/m101010/s1. The van der Waals surface area contributed by atoms with Crippen LogP contribution in [0.25, 0.3) is 0 Å². The van der Waals surface area contributed by atoms with Crippen molar-refractivity contribution in [2.75, 3.05) is 13.2 Å². The number of carbonyl (C=O) groups is 6. The molecule has 324 valence electrons. The zero-order valence-electron chi connectivity index (χ0n) is 35.2. The number of esters is 4. The number of hydrogen-bond acceptors (Lipinski definition) is 10. The number of ketones is 2. The molecule has 8 aliphatic carbocycles. The predicted molar refractivity (Wildman–Crippen MR) is 216 cm³/mol. The van der Waals surface area contributed by atoms with Crippen molar-refractivity contribution in [1.82, 2.24) is 0 Å². The first kappa shape index (κ1) is 43.3. The number of cyclic esters (lactones) is 2. The first-order valence-electron chi connectivity index (χ1n) is 24.0. The van der Waals surface area contributed by atoms with Gasteiger partial charge in [0.2, 0.25) is 0 Å². The third kappa shape index (κ3) is 11.3. The Morgan fingerprint density at radius 2 is 0.621 bits per heavy atom. The molecule has 0 aromatic heterocycles. The van der Waals surface area contributed by atoms with Gasteiger partial charge in [0.15, 0.2) is 0 Å². The van der Waals surface area contributed by atoms with E-state index in [1.54, 1.807) is 0 Å². The van der Waals surface area contributed by atoms with Crippen molar-refractivity contribution in [3.8, 4) is 0 Å². The molecule has 10 heteroatoms. The number of fused-ring (bicyclic) bond motifs is 6. The Morgan fingerprint density at radius 3 is 0.931 bits per heavy atom. The molecule has 12 aliphatic rings. The van der Waals surface area contributed by atoms with Crippen molar-refractivity contribution < 1.29 is 47.7 Å². The van der Waals surface area contributed by atoms with E-state index in [1.165, 1.54) is 128 Å². The van der Waals surface area contributed by atoms with E-state index in [1.807, 2.05) is 0 Å². The molecule has 12 rings (SSSR count). The van der Waals surface area contributed by atoms with Crippen molar-refractivity contribution in [2.45, 2.75) is 192 Å². The number of rotatable bonds is 0. The van der Waals surface area contributed by atoms with E-state index >= 15 is 0 Å². The summed E-state index contributed by atoms with van der Waals surface area (Å²) in [5.74, 6) is 6.73. The summed E-state index contributed by atoms with van der Waals surface area (Å²) in [5.41, 5.74) is 0. The van der Waals surface area contributed by atoms with Gasteiger partial charge in [-0.15, -0.1) is 0 Å². The Kier molecular flexibility index (Phi) is 15.8. The van der Waals surface area contributed by atoms with Crippen molar-refractivity contribution in [1.29, 1.82) is 0 Å². The fraction of sp³-hybridized carbons (Fsp3) is 0.875. The molecular formula is C48H72O10. The lowest BCUT2D eigenvalue weighted by Crippen LogP contribution is -2.39. The molecule has 58 heavy (non-hydrogen) atoms. The second kappa shape index (κ2) is 21.1. The minimum absolute atomic E-state index is 0.0249. The van der Waals surface area contributed by atoms with Crippen molar-refractivity contribution in [3.05, 3.63) is 0 Å². The van der Waals surface area contributed by atoms with Gasteiger partial charge in [0.05, 0.1) is 37.9 Å². The first-order chi connectivity index (χ1) is 28.2. The Balaban J connectivity index is 0.000000106. The van der Waals surface area contributed by atoms with E-state index < -0.39 is 0 Å². The van der Waals surface area contributed by atoms with E-state index in [-0.39, 0.29) is 35.7 Å². The molecule has 0 spiro atoms. The van der Waals surface area contributed by atoms with Crippen LogP contribution < -0.4 is 0 Å². The number of Topliss-reactive ketones (excluding diaryl/α,β-unsaturated/α-hetero) is 2. The molecule has 4 aliphatic heterocycles. The van der Waals surface area contributed by atoms with Crippen molar-refractivity contribution in [2.24, 2.45) is 59.2 Å². The largest absolute Gasteiger partial charge is 0.465 e. The molecule has 10 nitrogen and oxygen atoms in total. The average Bonchev–Trinajstić information content (AvgIpc) is 4.03. The normalized spacial score (nSPS) is 39.8. The van der Waals surface area contributed by atoms with Crippen molar-refractivity contribution in [3.63, 3.8) is 0 Å². The summed E-state index contributed by atoms with van der Waals surface area (Å²) >= 11 is 0. The lowest BCUT2D eigenvalue weighted by atomic mass is 9.65. The monoisotopic (exact) mass is 809 g/mol. The third-order valence-electron chi connectivity index (χ3n) is 16.0. The fourth-order valence-electron chi connectivity index (χ4n) is 12.3. The zero-order valence-corrected chi connectivity index (χ0v) is 35.2. The molecule has 4 heterocycles. The van der Waals surface area contributed by atoms with E-state index in [0.717, 1.165) is 50.4 Å². The Morgan fingerprint density at radius 1 is 0.310 bits per heavy atom. The van der Waals surface area contributed by atoms with Crippen LogP contribution in [0.2, 0.25) is 0 Å². The lowest BCUT2D eigenvalue weighted by molar-refractivity contribution is -0.142. The van der Waals surface area contributed by atoms with E-state index in [2.05, 4.69) is 0 Å². The van der Waals surface area contributed by atoms with Gasteiger partial charge in [0.25, 0.3) is 0 Å². The molecule has 4 saturated heterocycles. The third-order valence-corrected chi connectivity index (χ3v) is 16.0. The van der Waals surface area contributed by atoms with E-state index in [4.69, 9.17) is 18.9 Å². The summed E-state index contributed by atoms with van der Waals surface area (Å²) in [6.07, 6.45) is 33.4. The Hall–Kier alpha value is -2.78. The molecule has 0 aromatic rings. The Bertz CT molecular complexity index is 1300. The van der Waals surface area contributed by atoms with Crippen LogP contribution >= 0.6 is 0 Å². The molecule has 12 atom stereocenters. The molecule has 12 fully saturated rings. The summed E-state index contributed by atoms with van der Waals surface area (Å²) in [6, 6.07) is 0. The summed E-state index contributed by atoms with van der Waals surface area (Å²) in [5, 5.41) is 0. The maximum atomic E-state index is 11.0. The van der Waals surface area contributed by atoms with Gasteiger partial charge in [-0.1, -0.05) is 64.2 Å². The summed E-state index contributed by atoms with van der Waals surface area (Å²) < 4.78 is 20.2. The minimum Gasteiger partial charge on any atom is -0.465 e. The smallest absolute Gasteiger partial charge is 0.309 e. The first-order valence-corrected chi connectivity index (χ1v) is 24.0. The molecule has 0 N–H and O–H groups in total. The van der Waals surface area contributed by atoms with Crippen LogP contribution in [0, 0.1) is 59.2 Å². The van der Waals surface area contributed by atoms with Gasteiger partial charge in [-0.3, -0.25) is 28.8 Å². The molecule has 0 aromatic carbocycles. The van der Waals surface area contributed by atoms with Crippen LogP contribution in [0.4, 0.5) is 0 Å². The summed E-state index contributed by atoms with van der Waals surface area (Å²) in [4.78, 5) is 65.3. The molecule has 0 bridgehead atoms. The summed E-state index contributed by atoms with van der Waals surface area (Å²) in [7, 11) is 0. The van der Waals surface area contributed by atoms with Gasteiger partial charge in [-0.05, 0) is 102 Å². The molecule has 8 saturated carbocycles. The SMILES string of the molecule is O=C1CC2CCCC[C@@H]12.O=C1CC2CCCC[C@@H]2O1.O=C1CC2CCCC[C@H]12.O=C1CC2CCCC[C@H]2O1.O=C1OCC2CCCC[C@@H]12.O=C1OCC2CCCC[C@H]12. The number of ether oxygens (including phenoxy) is 4. The van der Waals surface area contributed by atoms with Crippen LogP contribution in [0.3, 0.4) is 0 Å². The van der Waals surface area contributed by atoms with Gasteiger partial charge in [-0.2, -0.15) is 0 Å². The molecule has 0 radical (unpaired) electrons. The topological polar surface area (TPSA) is 139 Å². The van der Waals surface area contributed by atoms with Crippen LogP contribution in [-0.4, -0.2) is 60.9 Å². The zero-order chi connectivity index (χ0) is 40.4. The van der Waals surface area contributed by atoms with Gasteiger partial charge in [0.1, 0.15) is 23.8 Å². The molecular weight excluding hydrogens is 737 g/mol. The van der Waals surface area contributed by atoms with Crippen LogP contribution in [0.5, 0.6) is 0 Å².